The van der Waals surface area contributed by atoms with Crippen LogP contribution in [0.15, 0.2) is 42.5 Å². The van der Waals surface area contributed by atoms with E-state index >= 15 is 0 Å². The molecule has 2 aromatic rings. The minimum Gasteiger partial charge on any atom is -0.497 e. The largest absolute Gasteiger partial charge is 0.497 e. The first-order chi connectivity index (χ1) is 9.76. The smallest absolute Gasteiger partial charge is 0.118 e. The Kier molecular flexibility index (Phi) is 3.61. The molecule has 1 aliphatic rings. The molecule has 0 unspecified atom stereocenters. The fourth-order valence-corrected chi connectivity index (χ4v) is 2.75. The molecular formula is C17H20N2O. The van der Waals surface area contributed by atoms with Crippen LogP contribution < -0.4 is 10.5 Å². The van der Waals surface area contributed by atoms with Crippen LogP contribution in [0.1, 0.15) is 16.7 Å². The third-order valence-electron chi connectivity index (χ3n) is 3.96. The summed E-state index contributed by atoms with van der Waals surface area (Å²) in [5.74, 6) is 0.912. The van der Waals surface area contributed by atoms with Crippen LogP contribution >= 0.6 is 0 Å². The molecule has 0 radical (unpaired) electrons. The first-order valence-electron chi connectivity index (χ1n) is 6.98. The van der Waals surface area contributed by atoms with Gasteiger partial charge in [-0.25, -0.2) is 0 Å². The van der Waals surface area contributed by atoms with Gasteiger partial charge in [-0.05, 0) is 41.3 Å². The monoisotopic (exact) mass is 268 g/mol. The summed E-state index contributed by atoms with van der Waals surface area (Å²) in [6, 6.07) is 14.5. The average molecular weight is 268 g/mol. The molecule has 3 heteroatoms. The zero-order valence-corrected chi connectivity index (χ0v) is 11.8. The van der Waals surface area contributed by atoms with E-state index in [0.29, 0.717) is 0 Å². The predicted octanol–water partition coefficient (Wildman–Crippen LogP) is 2.84. The van der Waals surface area contributed by atoms with E-state index in [1.807, 2.05) is 24.3 Å². The molecular weight excluding hydrogens is 248 g/mol. The summed E-state index contributed by atoms with van der Waals surface area (Å²) in [6.07, 6.45) is 1.05. The molecule has 0 spiro atoms. The van der Waals surface area contributed by atoms with E-state index in [-0.39, 0.29) is 0 Å². The van der Waals surface area contributed by atoms with Gasteiger partial charge in [-0.3, -0.25) is 4.90 Å². The number of nitrogens with two attached hydrogens (primary N) is 1. The first kappa shape index (κ1) is 13.0. The lowest BCUT2D eigenvalue weighted by Crippen LogP contribution is -2.19. The second-order valence-corrected chi connectivity index (χ2v) is 5.29. The molecule has 0 aromatic heterocycles. The van der Waals surface area contributed by atoms with Crippen molar-refractivity contribution < 1.29 is 4.74 Å². The van der Waals surface area contributed by atoms with Crippen LogP contribution in [0, 0.1) is 0 Å². The summed E-state index contributed by atoms with van der Waals surface area (Å²) >= 11 is 0. The van der Waals surface area contributed by atoms with Gasteiger partial charge in [0.1, 0.15) is 5.75 Å². The van der Waals surface area contributed by atoms with Gasteiger partial charge in [-0.1, -0.05) is 24.3 Å². The lowest BCUT2D eigenvalue weighted by Gasteiger charge is -2.14. The molecule has 0 fully saturated rings. The van der Waals surface area contributed by atoms with E-state index in [9.17, 15) is 0 Å². The van der Waals surface area contributed by atoms with E-state index < -0.39 is 0 Å². The number of rotatable bonds is 4. The number of benzene rings is 2. The number of methoxy groups -OCH3 is 1. The second-order valence-electron chi connectivity index (χ2n) is 5.29. The van der Waals surface area contributed by atoms with Crippen molar-refractivity contribution in [2.45, 2.75) is 19.5 Å². The Bertz CT molecular complexity index is 592. The molecule has 1 heterocycles. The normalized spacial score (nSPS) is 14.2. The molecule has 0 amide bonds. The van der Waals surface area contributed by atoms with Crippen molar-refractivity contribution in [1.82, 2.24) is 4.90 Å². The van der Waals surface area contributed by atoms with Crippen molar-refractivity contribution in [3.8, 4) is 5.75 Å². The fourth-order valence-electron chi connectivity index (χ4n) is 2.75. The van der Waals surface area contributed by atoms with E-state index in [0.717, 1.165) is 37.5 Å². The topological polar surface area (TPSA) is 38.5 Å². The summed E-state index contributed by atoms with van der Waals surface area (Å²) in [5.41, 5.74) is 11.0. The molecule has 3 rings (SSSR count). The Morgan fingerprint density at radius 3 is 2.60 bits per heavy atom. The van der Waals surface area contributed by atoms with Crippen LogP contribution in [0.5, 0.6) is 5.75 Å². The molecule has 0 atom stereocenters. The number of fused-ring (bicyclic) bond motifs is 1. The predicted molar refractivity (Wildman–Crippen MR) is 81.7 cm³/mol. The van der Waals surface area contributed by atoms with Gasteiger partial charge in [-0.2, -0.15) is 0 Å². The minimum absolute atomic E-state index is 0.912. The Balaban J connectivity index is 1.59. The summed E-state index contributed by atoms with van der Waals surface area (Å²) in [4.78, 5) is 2.45. The summed E-state index contributed by atoms with van der Waals surface area (Å²) in [5, 5.41) is 0. The Morgan fingerprint density at radius 1 is 1.10 bits per heavy atom. The van der Waals surface area contributed by atoms with Crippen molar-refractivity contribution in [1.29, 1.82) is 0 Å². The molecule has 3 nitrogen and oxygen atoms in total. The van der Waals surface area contributed by atoms with E-state index in [4.69, 9.17) is 10.5 Å². The van der Waals surface area contributed by atoms with Crippen molar-refractivity contribution in [3.05, 3.63) is 59.2 Å². The quantitative estimate of drug-likeness (QED) is 0.867. The molecule has 2 N–H and O–H groups in total. The van der Waals surface area contributed by atoms with Crippen LogP contribution in [0.3, 0.4) is 0 Å². The van der Waals surface area contributed by atoms with E-state index in [1.54, 1.807) is 7.11 Å². The van der Waals surface area contributed by atoms with Crippen molar-refractivity contribution in [2.24, 2.45) is 0 Å². The van der Waals surface area contributed by atoms with Gasteiger partial charge in [-0.15, -0.1) is 0 Å². The number of hydrogen-bond donors (Lipinski definition) is 1. The molecule has 0 aliphatic carbocycles. The van der Waals surface area contributed by atoms with Gasteiger partial charge in [0.25, 0.3) is 0 Å². The van der Waals surface area contributed by atoms with Crippen molar-refractivity contribution in [3.63, 3.8) is 0 Å². The standard InChI is InChI=1S/C17H20N2O/c1-20-15-7-5-13(6-8-15)9-10-19-11-14-3-2-4-17(18)16(14)12-19/h2-8H,9-12,18H2,1H3. The van der Waals surface area contributed by atoms with E-state index in [1.165, 1.54) is 16.7 Å². The van der Waals surface area contributed by atoms with Crippen LogP contribution in [0.2, 0.25) is 0 Å². The molecule has 0 saturated heterocycles. The van der Waals surface area contributed by atoms with Crippen molar-refractivity contribution in [2.75, 3.05) is 19.4 Å². The Hall–Kier alpha value is -2.00. The fraction of sp³-hybridized carbons (Fsp3) is 0.294. The van der Waals surface area contributed by atoms with Crippen LogP contribution in [-0.4, -0.2) is 18.6 Å². The van der Waals surface area contributed by atoms with Gasteiger partial charge in [0.05, 0.1) is 7.11 Å². The highest BCUT2D eigenvalue weighted by Gasteiger charge is 2.19. The Morgan fingerprint density at radius 2 is 1.90 bits per heavy atom. The molecule has 2 aromatic carbocycles. The summed E-state index contributed by atoms with van der Waals surface area (Å²) < 4.78 is 5.18. The van der Waals surface area contributed by atoms with Crippen LogP contribution in [0.4, 0.5) is 5.69 Å². The number of nitrogens with zero attached hydrogens (tertiary/aromatic N) is 1. The maximum absolute atomic E-state index is 6.03. The maximum Gasteiger partial charge on any atom is 0.118 e. The maximum atomic E-state index is 6.03. The number of anilines is 1. The highest BCUT2D eigenvalue weighted by molar-refractivity contribution is 5.52. The van der Waals surface area contributed by atoms with Gasteiger partial charge in [0.15, 0.2) is 0 Å². The third-order valence-corrected chi connectivity index (χ3v) is 3.96. The minimum atomic E-state index is 0.912. The zero-order valence-electron chi connectivity index (χ0n) is 11.8. The van der Waals surface area contributed by atoms with Gasteiger partial charge in [0.2, 0.25) is 0 Å². The lowest BCUT2D eigenvalue weighted by molar-refractivity contribution is 0.288. The molecule has 104 valence electrons. The van der Waals surface area contributed by atoms with E-state index in [2.05, 4.69) is 23.1 Å². The summed E-state index contributed by atoms with van der Waals surface area (Å²) in [7, 11) is 1.70. The number of nitrogen functional groups attached to an aromatic ring is 1. The first-order valence-corrected chi connectivity index (χ1v) is 6.98. The van der Waals surface area contributed by atoms with Gasteiger partial charge < -0.3 is 10.5 Å². The summed E-state index contributed by atoms with van der Waals surface area (Å²) in [6.45, 7) is 3.04. The SMILES string of the molecule is COc1ccc(CCN2Cc3cccc(N)c3C2)cc1. The highest BCUT2D eigenvalue weighted by atomic mass is 16.5. The zero-order chi connectivity index (χ0) is 13.9. The number of hydrogen-bond acceptors (Lipinski definition) is 3. The van der Waals surface area contributed by atoms with Crippen LogP contribution in [-0.2, 0) is 19.5 Å². The highest BCUT2D eigenvalue weighted by Crippen LogP contribution is 2.27. The molecule has 1 aliphatic heterocycles. The molecule has 0 saturated carbocycles. The molecule has 0 bridgehead atoms. The van der Waals surface area contributed by atoms with Gasteiger partial charge in [0, 0.05) is 25.3 Å². The lowest BCUT2D eigenvalue weighted by atomic mass is 10.1. The third kappa shape index (κ3) is 2.63. The number of ether oxygens (including phenoxy) is 1. The van der Waals surface area contributed by atoms with Crippen LogP contribution in [0.25, 0.3) is 0 Å². The molecule has 20 heavy (non-hydrogen) atoms. The van der Waals surface area contributed by atoms with Crippen molar-refractivity contribution >= 4 is 5.69 Å². The second kappa shape index (κ2) is 5.55. The van der Waals surface area contributed by atoms with Gasteiger partial charge >= 0.3 is 0 Å². The Labute approximate surface area is 120 Å². The average Bonchev–Trinajstić information content (AvgIpc) is 2.90.